The molecule has 3 nitrogen and oxygen atoms in total. The fourth-order valence-electron chi connectivity index (χ4n) is 2.91. The summed E-state index contributed by atoms with van der Waals surface area (Å²) in [6, 6.07) is 12.3. The first-order valence-electron chi connectivity index (χ1n) is 7.26. The molecule has 1 aliphatic rings. The lowest BCUT2D eigenvalue weighted by molar-refractivity contribution is 0.160. The lowest BCUT2D eigenvalue weighted by Crippen LogP contribution is -2.24. The summed E-state index contributed by atoms with van der Waals surface area (Å²) in [4.78, 5) is 0. The normalized spacial score (nSPS) is 20.6. The third-order valence-corrected chi connectivity index (χ3v) is 4.14. The molecule has 21 heavy (non-hydrogen) atoms. The van der Waals surface area contributed by atoms with Gasteiger partial charge in [-0.15, -0.1) is 0 Å². The van der Waals surface area contributed by atoms with Crippen LogP contribution in [0.3, 0.4) is 0 Å². The van der Waals surface area contributed by atoms with Crippen molar-refractivity contribution in [2.24, 2.45) is 5.73 Å². The molecule has 0 fully saturated rings. The van der Waals surface area contributed by atoms with Crippen LogP contribution in [0.25, 0.3) is 0 Å². The van der Waals surface area contributed by atoms with Crippen molar-refractivity contribution in [1.82, 2.24) is 0 Å². The molecule has 0 amide bonds. The van der Waals surface area contributed by atoms with Crippen molar-refractivity contribution in [1.29, 1.82) is 0 Å². The van der Waals surface area contributed by atoms with Crippen molar-refractivity contribution >= 4 is 0 Å². The van der Waals surface area contributed by atoms with Gasteiger partial charge in [0.25, 0.3) is 0 Å². The van der Waals surface area contributed by atoms with E-state index in [-0.39, 0.29) is 12.1 Å². The van der Waals surface area contributed by atoms with Gasteiger partial charge in [-0.2, -0.15) is 0 Å². The van der Waals surface area contributed by atoms with Gasteiger partial charge in [0.15, 0.2) is 0 Å². The van der Waals surface area contributed by atoms with Crippen LogP contribution in [0.15, 0.2) is 36.4 Å². The highest BCUT2D eigenvalue weighted by Gasteiger charge is 2.28. The molecule has 1 aliphatic heterocycles. The summed E-state index contributed by atoms with van der Waals surface area (Å²) in [6.07, 6.45) is 0.795. The lowest BCUT2D eigenvalue weighted by atomic mass is 9.91. The average Bonchev–Trinajstić information content (AvgIpc) is 2.49. The van der Waals surface area contributed by atoms with Crippen LogP contribution < -0.4 is 15.2 Å². The highest BCUT2D eigenvalue weighted by molar-refractivity contribution is 5.45. The average molecular weight is 283 g/mol. The number of ether oxygens (including phenoxy) is 2. The molecule has 3 heteroatoms. The standard InChI is InChI=1S/C18H21NO2/c1-11-4-5-12(2)15(8-11)18-10-16(19)14-7-6-13(20-3)9-17(14)21-18/h4-9,16,18H,10,19H2,1-3H3/t16-,18?/m0/s1. The first-order chi connectivity index (χ1) is 10.1. The number of hydrogen-bond acceptors (Lipinski definition) is 3. The van der Waals surface area contributed by atoms with E-state index in [4.69, 9.17) is 15.2 Å². The van der Waals surface area contributed by atoms with E-state index in [1.54, 1.807) is 7.11 Å². The third-order valence-electron chi connectivity index (χ3n) is 4.14. The Morgan fingerprint density at radius 2 is 1.90 bits per heavy atom. The number of nitrogens with two attached hydrogens (primary N) is 1. The zero-order valence-corrected chi connectivity index (χ0v) is 12.7. The maximum atomic E-state index is 6.33. The van der Waals surface area contributed by atoms with E-state index in [0.29, 0.717) is 0 Å². The van der Waals surface area contributed by atoms with Gasteiger partial charge in [0.05, 0.1) is 7.11 Å². The van der Waals surface area contributed by atoms with E-state index in [1.807, 2.05) is 18.2 Å². The Kier molecular flexibility index (Phi) is 3.60. The summed E-state index contributed by atoms with van der Waals surface area (Å²) in [7, 11) is 1.66. The summed E-state index contributed by atoms with van der Waals surface area (Å²) in [5.74, 6) is 1.63. The second-order valence-electron chi connectivity index (χ2n) is 5.71. The van der Waals surface area contributed by atoms with Crippen LogP contribution in [0.1, 0.15) is 40.8 Å². The van der Waals surface area contributed by atoms with E-state index in [2.05, 4.69) is 32.0 Å². The minimum Gasteiger partial charge on any atom is -0.497 e. The monoisotopic (exact) mass is 283 g/mol. The largest absolute Gasteiger partial charge is 0.497 e. The molecule has 1 unspecified atom stereocenters. The first-order valence-corrected chi connectivity index (χ1v) is 7.26. The molecule has 0 saturated heterocycles. The summed E-state index contributed by atoms with van der Waals surface area (Å²) in [5.41, 5.74) is 11.1. The molecule has 2 atom stereocenters. The van der Waals surface area contributed by atoms with Gasteiger partial charge in [0, 0.05) is 24.1 Å². The van der Waals surface area contributed by atoms with Gasteiger partial charge >= 0.3 is 0 Å². The van der Waals surface area contributed by atoms with Crippen LogP contribution in [-0.4, -0.2) is 7.11 Å². The SMILES string of the molecule is COc1ccc2c(c1)OC(c1cc(C)ccc1C)C[C@@H]2N. The summed E-state index contributed by atoms with van der Waals surface area (Å²) >= 11 is 0. The highest BCUT2D eigenvalue weighted by atomic mass is 16.5. The van der Waals surface area contributed by atoms with Gasteiger partial charge in [-0.3, -0.25) is 0 Å². The zero-order valence-electron chi connectivity index (χ0n) is 12.7. The van der Waals surface area contributed by atoms with Crippen molar-refractivity contribution in [3.8, 4) is 11.5 Å². The van der Waals surface area contributed by atoms with Crippen LogP contribution in [0, 0.1) is 13.8 Å². The van der Waals surface area contributed by atoms with Gasteiger partial charge in [0.1, 0.15) is 17.6 Å². The zero-order chi connectivity index (χ0) is 15.0. The molecule has 2 aromatic rings. The Morgan fingerprint density at radius 1 is 1.10 bits per heavy atom. The molecule has 2 N–H and O–H groups in total. The Hall–Kier alpha value is -2.00. The molecule has 0 bridgehead atoms. The molecule has 0 aromatic heterocycles. The van der Waals surface area contributed by atoms with Gasteiger partial charge in [-0.25, -0.2) is 0 Å². The lowest BCUT2D eigenvalue weighted by Gasteiger charge is -2.31. The molecule has 0 spiro atoms. The molecular weight excluding hydrogens is 262 g/mol. The minimum absolute atomic E-state index is 0.000457. The smallest absolute Gasteiger partial charge is 0.128 e. The predicted octanol–water partition coefficient (Wildman–Crippen LogP) is 3.84. The topological polar surface area (TPSA) is 44.5 Å². The van der Waals surface area contributed by atoms with Crippen LogP contribution in [0.5, 0.6) is 11.5 Å². The van der Waals surface area contributed by atoms with E-state index in [0.717, 1.165) is 23.5 Å². The van der Waals surface area contributed by atoms with Crippen LogP contribution in [0.4, 0.5) is 0 Å². The van der Waals surface area contributed by atoms with Crippen LogP contribution in [-0.2, 0) is 0 Å². The van der Waals surface area contributed by atoms with Gasteiger partial charge in [-0.1, -0.05) is 29.8 Å². The number of hydrogen-bond donors (Lipinski definition) is 1. The third kappa shape index (κ3) is 2.61. The number of benzene rings is 2. The molecule has 3 rings (SSSR count). The van der Waals surface area contributed by atoms with Crippen molar-refractivity contribution in [2.45, 2.75) is 32.4 Å². The maximum Gasteiger partial charge on any atom is 0.128 e. The van der Waals surface area contributed by atoms with Gasteiger partial charge in [-0.05, 0) is 31.0 Å². The second-order valence-corrected chi connectivity index (χ2v) is 5.71. The van der Waals surface area contributed by atoms with Crippen molar-refractivity contribution < 1.29 is 9.47 Å². The molecule has 110 valence electrons. The fraction of sp³-hybridized carbons (Fsp3) is 0.333. The number of methoxy groups -OCH3 is 1. The quantitative estimate of drug-likeness (QED) is 0.911. The molecule has 1 heterocycles. The predicted molar refractivity (Wildman–Crippen MR) is 83.8 cm³/mol. The molecule has 0 saturated carbocycles. The van der Waals surface area contributed by atoms with Crippen molar-refractivity contribution in [2.75, 3.05) is 7.11 Å². The number of fused-ring (bicyclic) bond motifs is 1. The Morgan fingerprint density at radius 3 is 2.67 bits per heavy atom. The highest BCUT2D eigenvalue weighted by Crippen LogP contribution is 2.42. The Bertz CT molecular complexity index is 666. The van der Waals surface area contributed by atoms with Crippen LogP contribution in [0.2, 0.25) is 0 Å². The van der Waals surface area contributed by atoms with E-state index in [9.17, 15) is 0 Å². The minimum atomic E-state index is -0.00966. The maximum absolute atomic E-state index is 6.33. The fourth-order valence-corrected chi connectivity index (χ4v) is 2.91. The molecule has 0 radical (unpaired) electrons. The number of aryl methyl sites for hydroxylation is 2. The van der Waals surface area contributed by atoms with Crippen molar-refractivity contribution in [3.05, 3.63) is 58.7 Å². The van der Waals surface area contributed by atoms with Gasteiger partial charge < -0.3 is 15.2 Å². The first kappa shape index (κ1) is 14.0. The molecule has 2 aromatic carbocycles. The van der Waals surface area contributed by atoms with Crippen LogP contribution >= 0.6 is 0 Å². The summed E-state index contributed by atoms with van der Waals surface area (Å²) < 4.78 is 11.5. The summed E-state index contributed by atoms with van der Waals surface area (Å²) in [6.45, 7) is 4.22. The van der Waals surface area contributed by atoms with Crippen molar-refractivity contribution in [3.63, 3.8) is 0 Å². The van der Waals surface area contributed by atoms with Gasteiger partial charge in [0.2, 0.25) is 0 Å². The Balaban J connectivity index is 1.98. The van der Waals surface area contributed by atoms with E-state index in [1.165, 1.54) is 16.7 Å². The summed E-state index contributed by atoms with van der Waals surface area (Å²) in [5, 5.41) is 0. The second kappa shape index (κ2) is 5.41. The van der Waals surface area contributed by atoms with E-state index < -0.39 is 0 Å². The van der Waals surface area contributed by atoms with E-state index >= 15 is 0 Å². The number of rotatable bonds is 2. The Labute approximate surface area is 125 Å². The molecule has 0 aliphatic carbocycles. The molecular formula is C18H21NO2.